The molecule has 3 rings (SSSR count). The van der Waals surface area contributed by atoms with Gasteiger partial charge in [-0.3, -0.25) is 4.90 Å². The lowest BCUT2D eigenvalue weighted by molar-refractivity contribution is -0.0271. The third-order valence-corrected chi connectivity index (χ3v) is 4.90. The highest BCUT2D eigenvalue weighted by molar-refractivity contribution is 5.57. The van der Waals surface area contributed by atoms with Gasteiger partial charge in [-0.05, 0) is 25.0 Å². The van der Waals surface area contributed by atoms with Gasteiger partial charge in [-0.25, -0.2) is 0 Å². The maximum absolute atomic E-state index is 10.7. The van der Waals surface area contributed by atoms with E-state index in [1.165, 1.54) is 6.42 Å². The Bertz CT molecular complexity index is 464. The van der Waals surface area contributed by atoms with Crippen molar-refractivity contribution in [3.05, 3.63) is 24.3 Å². The fourth-order valence-corrected chi connectivity index (χ4v) is 3.66. The third-order valence-electron chi connectivity index (χ3n) is 4.90. The molecule has 1 aromatic carbocycles. The zero-order chi connectivity index (χ0) is 14.7. The van der Waals surface area contributed by atoms with Crippen molar-refractivity contribution in [3.8, 4) is 5.75 Å². The molecule has 1 saturated heterocycles. The molecule has 4 nitrogen and oxygen atoms in total. The van der Waals surface area contributed by atoms with Crippen LogP contribution in [0, 0.1) is 0 Å². The van der Waals surface area contributed by atoms with Gasteiger partial charge in [-0.1, -0.05) is 31.4 Å². The predicted octanol–water partition coefficient (Wildman–Crippen LogP) is 2.21. The number of para-hydroxylation sites is 2. The molecule has 2 fully saturated rings. The summed E-state index contributed by atoms with van der Waals surface area (Å²) in [6.07, 6.45) is 5.49. The summed E-state index contributed by atoms with van der Waals surface area (Å²) in [4.78, 5) is 4.61. The molecule has 1 aromatic rings. The maximum atomic E-state index is 10.7. The Morgan fingerprint density at radius 2 is 1.62 bits per heavy atom. The summed E-state index contributed by atoms with van der Waals surface area (Å²) in [6.45, 7) is 4.54. The largest absolute Gasteiger partial charge is 0.506 e. The van der Waals surface area contributed by atoms with Crippen LogP contribution < -0.4 is 4.90 Å². The van der Waals surface area contributed by atoms with Crippen molar-refractivity contribution in [2.24, 2.45) is 0 Å². The van der Waals surface area contributed by atoms with E-state index in [-0.39, 0.29) is 0 Å². The summed E-state index contributed by atoms with van der Waals surface area (Å²) in [5.74, 6) is 0.358. The van der Waals surface area contributed by atoms with Crippen LogP contribution in [0.4, 0.5) is 5.69 Å². The zero-order valence-corrected chi connectivity index (χ0v) is 12.7. The lowest BCUT2D eigenvalue weighted by atomic mass is 9.84. The smallest absolute Gasteiger partial charge is 0.138 e. The average molecular weight is 290 g/mol. The number of nitrogens with zero attached hydrogens (tertiary/aromatic N) is 2. The number of phenolic OH excluding ortho intramolecular Hbond substituents is 1. The average Bonchev–Trinajstić information content (AvgIpc) is 2.49. The van der Waals surface area contributed by atoms with Crippen molar-refractivity contribution in [3.63, 3.8) is 0 Å². The second kappa shape index (κ2) is 6.24. The van der Waals surface area contributed by atoms with Crippen LogP contribution in [0.25, 0.3) is 0 Å². The fraction of sp³-hybridized carbons (Fsp3) is 0.647. The van der Waals surface area contributed by atoms with Crippen LogP contribution in [0.1, 0.15) is 32.1 Å². The van der Waals surface area contributed by atoms with E-state index in [2.05, 4.69) is 9.80 Å². The van der Waals surface area contributed by atoms with Crippen LogP contribution in [0.2, 0.25) is 0 Å². The Balaban J connectivity index is 1.54. The molecule has 0 spiro atoms. The van der Waals surface area contributed by atoms with Gasteiger partial charge in [-0.15, -0.1) is 0 Å². The number of piperazine rings is 1. The van der Waals surface area contributed by atoms with Crippen LogP contribution in [0.5, 0.6) is 5.75 Å². The van der Waals surface area contributed by atoms with E-state index < -0.39 is 5.60 Å². The molecule has 2 N–H and O–H groups in total. The molecule has 1 aliphatic carbocycles. The quantitative estimate of drug-likeness (QED) is 0.896. The molecule has 1 aliphatic heterocycles. The minimum absolute atomic E-state index is 0.358. The van der Waals surface area contributed by atoms with E-state index in [0.717, 1.165) is 64.1 Å². The van der Waals surface area contributed by atoms with Gasteiger partial charge in [0.2, 0.25) is 0 Å². The first-order valence-corrected chi connectivity index (χ1v) is 8.14. The molecule has 0 unspecified atom stereocenters. The fourth-order valence-electron chi connectivity index (χ4n) is 3.66. The molecule has 0 radical (unpaired) electrons. The second-order valence-electron chi connectivity index (χ2n) is 6.54. The number of benzene rings is 1. The van der Waals surface area contributed by atoms with Crippen molar-refractivity contribution < 1.29 is 10.2 Å². The van der Waals surface area contributed by atoms with Gasteiger partial charge in [0.1, 0.15) is 5.75 Å². The van der Waals surface area contributed by atoms with E-state index in [0.29, 0.717) is 5.75 Å². The third kappa shape index (κ3) is 3.50. The monoisotopic (exact) mass is 290 g/mol. The van der Waals surface area contributed by atoms with Gasteiger partial charge < -0.3 is 15.1 Å². The van der Waals surface area contributed by atoms with E-state index in [1.54, 1.807) is 6.07 Å². The molecule has 0 bridgehead atoms. The topological polar surface area (TPSA) is 46.9 Å². The van der Waals surface area contributed by atoms with Gasteiger partial charge in [0, 0.05) is 32.7 Å². The molecule has 116 valence electrons. The number of phenols is 1. The van der Waals surface area contributed by atoms with Gasteiger partial charge in [0.05, 0.1) is 11.3 Å². The molecular formula is C17H26N2O2. The Morgan fingerprint density at radius 1 is 0.952 bits per heavy atom. The minimum atomic E-state index is -0.463. The van der Waals surface area contributed by atoms with E-state index >= 15 is 0 Å². The number of anilines is 1. The summed E-state index contributed by atoms with van der Waals surface area (Å²) in [5.41, 5.74) is 0.462. The Kier molecular flexibility index (Phi) is 4.36. The van der Waals surface area contributed by atoms with E-state index in [9.17, 15) is 10.2 Å². The Hall–Kier alpha value is -1.26. The van der Waals surface area contributed by atoms with Crippen LogP contribution in [-0.2, 0) is 0 Å². The van der Waals surface area contributed by atoms with Crippen molar-refractivity contribution in [2.45, 2.75) is 37.7 Å². The molecule has 21 heavy (non-hydrogen) atoms. The van der Waals surface area contributed by atoms with Gasteiger partial charge in [0.25, 0.3) is 0 Å². The summed E-state index contributed by atoms with van der Waals surface area (Å²) >= 11 is 0. The molecule has 0 atom stereocenters. The Morgan fingerprint density at radius 3 is 2.29 bits per heavy atom. The summed E-state index contributed by atoms with van der Waals surface area (Å²) < 4.78 is 0. The van der Waals surface area contributed by atoms with Crippen molar-refractivity contribution in [1.82, 2.24) is 4.90 Å². The highest BCUT2D eigenvalue weighted by atomic mass is 16.3. The van der Waals surface area contributed by atoms with Crippen LogP contribution in [0.3, 0.4) is 0 Å². The zero-order valence-electron chi connectivity index (χ0n) is 12.7. The number of rotatable bonds is 3. The van der Waals surface area contributed by atoms with Crippen molar-refractivity contribution in [2.75, 3.05) is 37.6 Å². The molecule has 2 aliphatic rings. The molecule has 4 heteroatoms. The van der Waals surface area contributed by atoms with E-state index in [4.69, 9.17) is 0 Å². The second-order valence-corrected chi connectivity index (χ2v) is 6.54. The standard InChI is InChI=1S/C17H26N2O2/c20-16-7-3-2-6-15(16)19-12-10-18(11-13-19)14-17(21)8-4-1-5-9-17/h2-3,6-7,20-21H,1,4-5,8-14H2. The molecule has 0 aromatic heterocycles. The first-order chi connectivity index (χ1) is 10.2. The maximum Gasteiger partial charge on any atom is 0.138 e. The highest BCUT2D eigenvalue weighted by Crippen LogP contribution is 2.30. The lowest BCUT2D eigenvalue weighted by Crippen LogP contribution is -2.52. The number of hydrogen-bond donors (Lipinski definition) is 2. The summed E-state index contributed by atoms with van der Waals surface area (Å²) in [6, 6.07) is 7.53. The number of aliphatic hydroxyl groups is 1. The highest BCUT2D eigenvalue weighted by Gasteiger charge is 2.32. The first kappa shape index (κ1) is 14.7. The number of hydrogen-bond acceptors (Lipinski definition) is 4. The van der Waals surface area contributed by atoms with Crippen LogP contribution in [-0.4, -0.2) is 53.4 Å². The predicted molar refractivity (Wildman–Crippen MR) is 84.8 cm³/mol. The summed E-state index contributed by atoms with van der Waals surface area (Å²) in [7, 11) is 0. The number of aromatic hydroxyl groups is 1. The normalized spacial score (nSPS) is 23.2. The lowest BCUT2D eigenvalue weighted by Gasteiger charge is -2.41. The molecule has 1 saturated carbocycles. The van der Waals surface area contributed by atoms with Crippen molar-refractivity contribution in [1.29, 1.82) is 0 Å². The molecule has 1 heterocycles. The minimum Gasteiger partial charge on any atom is -0.506 e. The Labute approximate surface area is 127 Å². The SMILES string of the molecule is Oc1ccccc1N1CCN(CC2(O)CCCCC2)CC1. The van der Waals surface area contributed by atoms with Gasteiger partial charge in [0.15, 0.2) is 0 Å². The molecular weight excluding hydrogens is 264 g/mol. The number of β-amino-alcohol motifs (C(OH)–C–C–N with tert-alkyl or cyclic N) is 1. The van der Waals surface area contributed by atoms with Gasteiger partial charge >= 0.3 is 0 Å². The van der Waals surface area contributed by atoms with Gasteiger partial charge in [-0.2, -0.15) is 0 Å². The van der Waals surface area contributed by atoms with Crippen molar-refractivity contribution >= 4 is 5.69 Å². The van der Waals surface area contributed by atoms with Crippen LogP contribution in [0.15, 0.2) is 24.3 Å². The van der Waals surface area contributed by atoms with E-state index in [1.807, 2.05) is 18.2 Å². The molecule has 0 amide bonds. The summed E-state index contributed by atoms with van der Waals surface area (Å²) in [5, 5.41) is 20.6. The van der Waals surface area contributed by atoms with Crippen LogP contribution >= 0.6 is 0 Å². The first-order valence-electron chi connectivity index (χ1n) is 8.14.